The quantitative estimate of drug-likeness (QED) is 0.448. The highest BCUT2D eigenvalue weighted by molar-refractivity contribution is 7.78. The van der Waals surface area contributed by atoms with Gasteiger partial charge in [-0.1, -0.05) is 37.3 Å². The van der Waals surface area contributed by atoms with Crippen LogP contribution in [0.1, 0.15) is 29.7 Å². The third-order valence-corrected chi connectivity index (χ3v) is 5.75. The molecule has 30 heavy (non-hydrogen) atoms. The van der Waals surface area contributed by atoms with Crippen LogP contribution in [0.5, 0.6) is 0 Å². The largest absolute Gasteiger partial charge is 0.398 e. The number of benzene rings is 2. The number of pyridine rings is 2. The Bertz CT molecular complexity index is 1250. The van der Waals surface area contributed by atoms with Gasteiger partial charge in [0.05, 0.1) is 17.0 Å². The average Bonchev–Trinajstić information content (AvgIpc) is 2.74. The van der Waals surface area contributed by atoms with Crippen molar-refractivity contribution in [1.29, 1.82) is 0 Å². The molecule has 0 aliphatic heterocycles. The lowest BCUT2D eigenvalue weighted by atomic mass is 9.91. The summed E-state index contributed by atoms with van der Waals surface area (Å²) in [4.78, 5) is 8.77. The lowest BCUT2D eigenvalue weighted by Crippen LogP contribution is -2.05. The van der Waals surface area contributed by atoms with Crippen LogP contribution in [0.15, 0.2) is 67.0 Å². The number of hydrogen-bond donors (Lipinski definition) is 2. The lowest BCUT2D eigenvalue weighted by Gasteiger charge is -2.17. The summed E-state index contributed by atoms with van der Waals surface area (Å²) >= 11 is -1.93. The summed E-state index contributed by atoms with van der Waals surface area (Å²) < 4.78 is 34.2. The Hall–Kier alpha value is -3.16. The molecule has 0 aliphatic carbocycles. The fraction of sp³-hybridized carbons (Fsp3) is 0.130. The average molecular weight is 421 g/mol. The van der Waals surface area contributed by atoms with Crippen LogP contribution in [0.4, 0.5) is 10.1 Å². The number of nitrogen functional groups attached to an aromatic ring is 1. The van der Waals surface area contributed by atoms with Crippen molar-refractivity contribution in [3.8, 4) is 11.1 Å². The molecule has 2 aromatic carbocycles. The van der Waals surface area contributed by atoms with E-state index in [0.29, 0.717) is 16.9 Å². The number of halogens is 1. The van der Waals surface area contributed by atoms with Crippen molar-refractivity contribution < 1.29 is 13.2 Å². The molecule has 0 fully saturated rings. The second-order valence-electron chi connectivity index (χ2n) is 7.11. The minimum Gasteiger partial charge on any atom is -0.398 e. The van der Waals surface area contributed by atoms with Gasteiger partial charge in [0.1, 0.15) is 5.82 Å². The lowest BCUT2D eigenvalue weighted by molar-refractivity contribution is 0.563. The van der Waals surface area contributed by atoms with Crippen LogP contribution in [0.3, 0.4) is 0 Å². The molecule has 0 bridgehead atoms. The molecule has 3 N–H and O–H groups in total. The number of fused-ring (bicyclic) bond motifs is 1. The molecule has 5 nitrogen and oxygen atoms in total. The topological polar surface area (TPSA) is 89.1 Å². The monoisotopic (exact) mass is 421 g/mol. The molecule has 2 aromatic heterocycles. The summed E-state index contributed by atoms with van der Waals surface area (Å²) in [6, 6.07) is 16.0. The molecule has 4 rings (SSSR count). The maximum Gasteiger partial charge on any atom is 0.158 e. The van der Waals surface area contributed by atoms with Gasteiger partial charge in [0.2, 0.25) is 0 Å². The van der Waals surface area contributed by atoms with Gasteiger partial charge in [0, 0.05) is 40.5 Å². The predicted molar refractivity (Wildman–Crippen MR) is 118 cm³/mol. The van der Waals surface area contributed by atoms with Crippen molar-refractivity contribution in [3.63, 3.8) is 0 Å². The number of anilines is 1. The van der Waals surface area contributed by atoms with Crippen molar-refractivity contribution in [1.82, 2.24) is 9.97 Å². The molecule has 0 spiro atoms. The van der Waals surface area contributed by atoms with Crippen LogP contribution >= 0.6 is 0 Å². The minimum absolute atomic E-state index is 0.00778. The van der Waals surface area contributed by atoms with Gasteiger partial charge in [-0.25, -0.2) is 8.60 Å². The second-order valence-corrected chi connectivity index (χ2v) is 8.04. The number of nitrogens with two attached hydrogens (primary N) is 1. The number of nitrogens with zero attached hydrogens (tertiary/aromatic N) is 2. The maximum absolute atomic E-state index is 14.3. The van der Waals surface area contributed by atoms with Gasteiger partial charge in [-0.2, -0.15) is 0 Å². The van der Waals surface area contributed by atoms with Crippen LogP contribution in [0.25, 0.3) is 22.0 Å². The second kappa shape index (κ2) is 8.30. The molecule has 152 valence electrons. The van der Waals surface area contributed by atoms with Gasteiger partial charge >= 0.3 is 0 Å². The molecule has 0 amide bonds. The third kappa shape index (κ3) is 3.94. The highest BCUT2D eigenvalue weighted by Gasteiger charge is 2.17. The van der Waals surface area contributed by atoms with E-state index in [2.05, 4.69) is 9.97 Å². The van der Waals surface area contributed by atoms with E-state index in [1.807, 2.05) is 31.2 Å². The Morgan fingerprint density at radius 2 is 1.80 bits per heavy atom. The summed E-state index contributed by atoms with van der Waals surface area (Å²) in [6.45, 7) is 1.91. The van der Waals surface area contributed by atoms with E-state index < -0.39 is 11.1 Å². The van der Waals surface area contributed by atoms with Crippen molar-refractivity contribution >= 4 is 27.7 Å². The number of hydrogen-bond acceptors (Lipinski definition) is 4. The van der Waals surface area contributed by atoms with E-state index in [1.165, 1.54) is 6.07 Å². The zero-order chi connectivity index (χ0) is 21.3. The van der Waals surface area contributed by atoms with Gasteiger partial charge < -0.3 is 10.3 Å². The van der Waals surface area contributed by atoms with Crippen LogP contribution in [0, 0.1) is 5.82 Å². The third-order valence-electron chi connectivity index (χ3n) is 5.21. The van der Waals surface area contributed by atoms with E-state index in [9.17, 15) is 8.60 Å². The van der Waals surface area contributed by atoms with Crippen molar-refractivity contribution in [3.05, 3.63) is 89.6 Å². The van der Waals surface area contributed by atoms with Gasteiger partial charge in [0.25, 0.3) is 0 Å². The first kappa shape index (κ1) is 20.1. The van der Waals surface area contributed by atoms with Crippen molar-refractivity contribution in [2.24, 2.45) is 0 Å². The molecule has 7 heteroatoms. The summed E-state index contributed by atoms with van der Waals surface area (Å²) in [6.07, 6.45) is 3.37. The van der Waals surface area contributed by atoms with Gasteiger partial charge in [-0.05, 0) is 35.4 Å². The Labute approximate surface area is 176 Å². The fourth-order valence-corrected chi connectivity index (χ4v) is 3.98. The Balaban J connectivity index is 1.74. The Kier molecular flexibility index (Phi) is 5.57. The van der Waals surface area contributed by atoms with Crippen molar-refractivity contribution in [2.45, 2.75) is 18.6 Å². The van der Waals surface area contributed by atoms with Gasteiger partial charge in [-0.15, -0.1) is 0 Å². The molecule has 0 aliphatic rings. The van der Waals surface area contributed by atoms with E-state index in [-0.39, 0.29) is 17.5 Å². The zero-order valence-electron chi connectivity index (χ0n) is 16.2. The standard InChI is InChI=1S/C23H20FN3O2S/c1-14(18-4-2-3-5-21(18)24)20-12-27-22-9-7-15(10-19(22)23(20)25)16-6-8-17(26-11-16)13-30(28)29/h2-12,14H,13H2,1H3,(H2,25,27)(H,28,29). The molecule has 0 saturated carbocycles. The first-order valence-electron chi connectivity index (χ1n) is 9.39. The SMILES string of the molecule is CC(c1ccccc1F)c1cnc2ccc(-c3ccc(CS(=O)O)nc3)cc2c1N. The smallest absolute Gasteiger partial charge is 0.158 e. The molecular weight excluding hydrogens is 401 g/mol. The molecule has 4 aromatic rings. The van der Waals surface area contributed by atoms with Crippen LogP contribution in [-0.2, 0) is 16.8 Å². The Morgan fingerprint density at radius 1 is 1.03 bits per heavy atom. The molecule has 2 heterocycles. The predicted octanol–water partition coefficient (Wildman–Crippen LogP) is 4.89. The number of aromatic nitrogens is 2. The fourth-order valence-electron chi connectivity index (χ4n) is 3.55. The van der Waals surface area contributed by atoms with Crippen LogP contribution in [-0.4, -0.2) is 18.7 Å². The summed E-state index contributed by atoms with van der Waals surface area (Å²) in [7, 11) is 0. The van der Waals surface area contributed by atoms with E-state index in [4.69, 9.17) is 10.3 Å². The summed E-state index contributed by atoms with van der Waals surface area (Å²) in [5, 5.41) is 0.786. The first-order chi connectivity index (χ1) is 14.4. The summed E-state index contributed by atoms with van der Waals surface area (Å²) in [5.74, 6) is -0.521. The molecule has 0 radical (unpaired) electrons. The zero-order valence-corrected chi connectivity index (χ0v) is 17.1. The number of rotatable bonds is 5. The van der Waals surface area contributed by atoms with Crippen LogP contribution in [0.2, 0.25) is 0 Å². The normalized spacial score (nSPS) is 13.3. The highest BCUT2D eigenvalue weighted by Crippen LogP contribution is 2.35. The summed E-state index contributed by atoms with van der Waals surface area (Å²) in [5.41, 5.74) is 11.5. The van der Waals surface area contributed by atoms with Gasteiger partial charge in [-0.3, -0.25) is 9.97 Å². The van der Waals surface area contributed by atoms with Crippen molar-refractivity contribution in [2.75, 3.05) is 5.73 Å². The molecule has 2 unspecified atom stereocenters. The Morgan fingerprint density at radius 3 is 2.50 bits per heavy atom. The van der Waals surface area contributed by atoms with E-state index in [1.54, 1.807) is 36.7 Å². The molecule has 0 saturated heterocycles. The van der Waals surface area contributed by atoms with Crippen LogP contribution < -0.4 is 5.73 Å². The first-order valence-corrected chi connectivity index (χ1v) is 10.7. The van der Waals surface area contributed by atoms with E-state index in [0.717, 1.165) is 27.6 Å². The molecule has 2 atom stereocenters. The minimum atomic E-state index is -1.93. The maximum atomic E-state index is 14.3. The molecular formula is C23H20FN3O2S. The highest BCUT2D eigenvalue weighted by atomic mass is 32.2. The van der Waals surface area contributed by atoms with Gasteiger partial charge in [0.15, 0.2) is 11.1 Å². The van der Waals surface area contributed by atoms with E-state index >= 15 is 0 Å².